The maximum Gasteiger partial charge on any atom is 0.312 e. The van der Waals surface area contributed by atoms with Crippen molar-refractivity contribution < 1.29 is 19.1 Å². The summed E-state index contributed by atoms with van der Waals surface area (Å²) in [6.45, 7) is 15.2. The van der Waals surface area contributed by atoms with Gasteiger partial charge < -0.3 is 26.3 Å². The maximum atomic E-state index is 13.1. The quantitative estimate of drug-likeness (QED) is 0.122. The molecular formula is C36H45N5O4. The molecular weight excluding hydrogens is 566 g/mol. The number of hydrogen-bond donors (Lipinski definition) is 3. The molecule has 0 aliphatic heterocycles. The Kier molecular flexibility index (Phi) is 12.6. The lowest BCUT2D eigenvalue weighted by Gasteiger charge is -2.44. The smallest absolute Gasteiger partial charge is 0.312 e. The van der Waals surface area contributed by atoms with Crippen LogP contribution in [0.25, 0.3) is 0 Å². The van der Waals surface area contributed by atoms with Crippen molar-refractivity contribution in [2.45, 2.75) is 61.3 Å². The number of nitrogens with two attached hydrogens (primary N) is 2. The standard InChI is InChI=1S/C28H40N2O4.C8H5N3/c1-8-27(5,6)19-28(7,26(2,3)4)25(32)34-18-17-33-23-15-9-20(10-16-23)24(31)30-22-13-11-21(29)12-14-22;9-4-6-1-2-8(11)3-7(6)5-10/h9-16H,8,17-19,29H2,1-7H3,(H,30,31);1-3H,11H2. The predicted octanol–water partition coefficient (Wildman–Crippen LogP) is 7.33. The Morgan fingerprint density at radius 2 is 1.38 bits per heavy atom. The number of benzene rings is 3. The van der Waals surface area contributed by atoms with Gasteiger partial charge in [0.25, 0.3) is 5.91 Å². The van der Waals surface area contributed by atoms with Gasteiger partial charge in [-0.2, -0.15) is 10.5 Å². The van der Waals surface area contributed by atoms with Gasteiger partial charge >= 0.3 is 5.97 Å². The molecule has 3 aromatic rings. The van der Waals surface area contributed by atoms with E-state index in [0.29, 0.717) is 39.5 Å². The molecule has 0 spiro atoms. The summed E-state index contributed by atoms with van der Waals surface area (Å²) in [6.07, 6.45) is 1.74. The molecule has 5 N–H and O–H groups in total. The van der Waals surface area contributed by atoms with Crippen LogP contribution in [0.1, 0.15) is 82.8 Å². The number of nitrogen functional groups attached to an aromatic ring is 2. The van der Waals surface area contributed by atoms with Crippen molar-refractivity contribution in [3.05, 3.63) is 83.4 Å². The van der Waals surface area contributed by atoms with Crippen LogP contribution in [0.2, 0.25) is 0 Å². The molecule has 0 aliphatic rings. The van der Waals surface area contributed by atoms with Gasteiger partial charge in [-0.3, -0.25) is 9.59 Å². The molecule has 0 aromatic heterocycles. The van der Waals surface area contributed by atoms with Crippen LogP contribution in [-0.2, 0) is 9.53 Å². The second kappa shape index (κ2) is 15.6. The van der Waals surface area contributed by atoms with Crippen molar-refractivity contribution in [2.75, 3.05) is 30.0 Å². The molecule has 45 heavy (non-hydrogen) atoms. The normalized spacial score (nSPS) is 12.3. The fourth-order valence-corrected chi connectivity index (χ4v) is 4.40. The minimum absolute atomic E-state index is 0.0411. The van der Waals surface area contributed by atoms with Crippen LogP contribution in [0.15, 0.2) is 66.7 Å². The van der Waals surface area contributed by atoms with Crippen LogP contribution in [0.5, 0.6) is 5.75 Å². The second-order valence-corrected chi connectivity index (χ2v) is 12.9. The van der Waals surface area contributed by atoms with Gasteiger partial charge in [-0.1, -0.05) is 48.0 Å². The highest BCUT2D eigenvalue weighted by Crippen LogP contribution is 2.48. The summed E-state index contributed by atoms with van der Waals surface area (Å²) in [4.78, 5) is 25.5. The summed E-state index contributed by atoms with van der Waals surface area (Å²) >= 11 is 0. The maximum absolute atomic E-state index is 13.1. The van der Waals surface area contributed by atoms with E-state index < -0.39 is 5.41 Å². The number of nitrogens with one attached hydrogen (secondary N) is 1. The Hall–Kier alpha value is -5.02. The van der Waals surface area contributed by atoms with Crippen molar-refractivity contribution in [3.63, 3.8) is 0 Å². The van der Waals surface area contributed by atoms with Crippen molar-refractivity contribution in [1.82, 2.24) is 0 Å². The number of nitrogens with zero attached hydrogens (tertiary/aromatic N) is 2. The zero-order valence-corrected chi connectivity index (χ0v) is 27.4. The first-order valence-corrected chi connectivity index (χ1v) is 14.8. The second-order valence-electron chi connectivity index (χ2n) is 12.9. The van der Waals surface area contributed by atoms with E-state index in [9.17, 15) is 9.59 Å². The lowest BCUT2D eigenvalue weighted by atomic mass is 9.60. The number of esters is 1. The number of anilines is 3. The first-order chi connectivity index (χ1) is 21.0. The minimum Gasteiger partial charge on any atom is -0.490 e. The Balaban J connectivity index is 0.000000537. The third-order valence-electron chi connectivity index (χ3n) is 8.05. The topological polar surface area (TPSA) is 164 Å². The molecule has 0 saturated heterocycles. The highest BCUT2D eigenvalue weighted by atomic mass is 16.6. The fraction of sp³-hybridized carbons (Fsp3) is 0.389. The Bertz CT molecular complexity index is 1530. The van der Waals surface area contributed by atoms with E-state index in [4.69, 9.17) is 31.5 Å². The SMILES string of the molecule is CCC(C)(C)CC(C)(C(=O)OCCOc1ccc(C(=O)Nc2ccc(N)cc2)cc1)C(C)(C)C.N#Cc1ccc(N)cc1C#N. The van der Waals surface area contributed by atoms with Gasteiger partial charge in [0.15, 0.2) is 0 Å². The van der Waals surface area contributed by atoms with Gasteiger partial charge in [-0.15, -0.1) is 0 Å². The monoisotopic (exact) mass is 611 g/mol. The summed E-state index contributed by atoms with van der Waals surface area (Å²) in [7, 11) is 0. The van der Waals surface area contributed by atoms with E-state index in [1.807, 2.05) is 19.1 Å². The molecule has 9 heteroatoms. The number of hydrogen-bond acceptors (Lipinski definition) is 8. The van der Waals surface area contributed by atoms with Crippen molar-refractivity contribution in [2.24, 2.45) is 16.2 Å². The molecule has 3 aromatic carbocycles. The molecule has 0 bridgehead atoms. The fourth-order valence-electron chi connectivity index (χ4n) is 4.40. The van der Waals surface area contributed by atoms with Crippen LogP contribution >= 0.6 is 0 Å². The Morgan fingerprint density at radius 3 is 1.91 bits per heavy atom. The molecule has 1 unspecified atom stereocenters. The summed E-state index contributed by atoms with van der Waals surface area (Å²) < 4.78 is 11.4. The van der Waals surface area contributed by atoms with Crippen molar-refractivity contribution in [3.8, 4) is 17.9 Å². The number of rotatable bonds is 10. The van der Waals surface area contributed by atoms with Gasteiger partial charge in [0.2, 0.25) is 0 Å². The highest BCUT2D eigenvalue weighted by Gasteiger charge is 2.48. The largest absolute Gasteiger partial charge is 0.490 e. The van der Waals surface area contributed by atoms with Crippen molar-refractivity contribution in [1.29, 1.82) is 10.5 Å². The number of carbonyl (C=O) groups excluding carboxylic acids is 2. The minimum atomic E-state index is -0.605. The van der Waals surface area contributed by atoms with Gasteiger partial charge in [0.1, 0.15) is 31.1 Å². The summed E-state index contributed by atoms with van der Waals surface area (Å²) in [5.41, 5.74) is 13.3. The number of carbonyl (C=O) groups is 2. The van der Waals surface area contributed by atoms with E-state index in [-0.39, 0.29) is 35.9 Å². The number of ether oxygens (including phenoxy) is 2. The van der Waals surface area contributed by atoms with Crippen molar-refractivity contribution >= 4 is 28.9 Å². The van der Waals surface area contributed by atoms with Crippen LogP contribution in [0.4, 0.5) is 17.1 Å². The van der Waals surface area contributed by atoms with E-state index in [1.165, 1.54) is 12.1 Å². The van der Waals surface area contributed by atoms with E-state index in [2.05, 4.69) is 46.9 Å². The van der Waals surface area contributed by atoms with Gasteiger partial charge in [-0.05, 0) is 90.9 Å². The Morgan fingerprint density at radius 1 is 0.800 bits per heavy atom. The molecule has 0 aliphatic carbocycles. The van der Waals surface area contributed by atoms with Gasteiger partial charge in [0.05, 0.1) is 16.5 Å². The zero-order chi connectivity index (χ0) is 33.8. The molecule has 1 atom stereocenters. The zero-order valence-electron chi connectivity index (χ0n) is 27.4. The van der Waals surface area contributed by atoms with Gasteiger partial charge in [0, 0.05) is 22.6 Å². The van der Waals surface area contributed by atoms with Crippen LogP contribution in [-0.4, -0.2) is 25.1 Å². The van der Waals surface area contributed by atoms with Crippen LogP contribution in [0, 0.1) is 38.9 Å². The number of amides is 1. The summed E-state index contributed by atoms with van der Waals surface area (Å²) in [5, 5.41) is 19.8. The van der Waals surface area contributed by atoms with Crippen LogP contribution < -0.4 is 21.5 Å². The third-order valence-corrected chi connectivity index (χ3v) is 8.05. The molecule has 0 fully saturated rings. The predicted molar refractivity (Wildman–Crippen MR) is 178 cm³/mol. The van der Waals surface area contributed by atoms with Gasteiger partial charge in [-0.25, -0.2) is 0 Å². The lowest BCUT2D eigenvalue weighted by Crippen LogP contribution is -2.45. The van der Waals surface area contributed by atoms with E-state index >= 15 is 0 Å². The molecule has 3 rings (SSSR count). The molecule has 238 valence electrons. The lowest BCUT2D eigenvalue weighted by molar-refractivity contribution is -0.165. The molecule has 0 heterocycles. The Labute approximate surface area is 267 Å². The molecule has 9 nitrogen and oxygen atoms in total. The number of nitriles is 2. The average molecular weight is 612 g/mol. The highest BCUT2D eigenvalue weighted by molar-refractivity contribution is 6.04. The summed E-state index contributed by atoms with van der Waals surface area (Å²) in [5.74, 6) is 0.187. The first kappa shape index (κ1) is 36.2. The van der Waals surface area contributed by atoms with E-state index in [0.717, 1.165) is 12.8 Å². The first-order valence-electron chi connectivity index (χ1n) is 14.8. The molecule has 0 radical (unpaired) electrons. The van der Waals surface area contributed by atoms with Crippen LogP contribution in [0.3, 0.4) is 0 Å². The molecule has 0 saturated carbocycles. The molecule has 1 amide bonds. The summed E-state index contributed by atoms with van der Waals surface area (Å²) in [6, 6.07) is 22.2. The van der Waals surface area contributed by atoms with E-state index in [1.54, 1.807) is 54.6 Å². The third kappa shape index (κ3) is 10.6. The average Bonchev–Trinajstić information content (AvgIpc) is 3.00.